The molecule has 3 aromatic rings. The highest BCUT2D eigenvalue weighted by Crippen LogP contribution is 2.40. The molecule has 1 amide bonds. The number of benzene rings is 1. The summed E-state index contributed by atoms with van der Waals surface area (Å²) >= 11 is 1.52. The van der Waals surface area contributed by atoms with Crippen LogP contribution in [0.15, 0.2) is 47.6 Å². The molecular formula is C29H38N4O5S2. The molecule has 2 aromatic heterocycles. The molecule has 11 heteroatoms. The van der Waals surface area contributed by atoms with Crippen molar-refractivity contribution in [3.05, 3.63) is 53.4 Å². The lowest BCUT2D eigenvalue weighted by Gasteiger charge is -2.28. The topological polar surface area (TPSA) is 131 Å². The van der Waals surface area contributed by atoms with Gasteiger partial charge < -0.3 is 15.2 Å². The minimum Gasteiger partial charge on any atom is -0.447 e. The van der Waals surface area contributed by atoms with Gasteiger partial charge in [-0.25, -0.2) is 22.9 Å². The Kier molecular flexibility index (Phi) is 9.29. The van der Waals surface area contributed by atoms with Crippen molar-refractivity contribution in [3.63, 3.8) is 0 Å². The van der Waals surface area contributed by atoms with E-state index in [-0.39, 0.29) is 35.7 Å². The molecule has 0 radical (unpaired) electrons. The van der Waals surface area contributed by atoms with E-state index in [2.05, 4.69) is 15.0 Å². The second-order valence-electron chi connectivity index (χ2n) is 11.5. The van der Waals surface area contributed by atoms with Gasteiger partial charge >= 0.3 is 6.09 Å². The molecule has 1 saturated carbocycles. The van der Waals surface area contributed by atoms with E-state index >= 15 is 0 Å². The molecule has 4 rings (SSSR count). The van der Waals surface area contributed by atoms with Crippen LogP contribution in [-0.4, -0.2) is 47.3 Å². The van der Waals surface area contributed by atoms with Crippen molar-refractivity contribution in [2.75, 3.05) is 0 Å². The average molecular weight is 587 g/mol. The Morgan fingerprint density at radius 3 is 2.38 bits per heavy atom. The van der Waals surface area contributed by atoms with Crippen LogP contribution in [0.3, 0.4) is 0 Å². The highest BCUT2D eigenvalue weighted by molar-refractivity contribution is 7.89. The molecular weight excluding hydrogens is 548 g/mol. The normalized spacial score (nSPS) is 18.1. The number of sulfonamides is 1. The van der Waals surface area contributed by atoms with Gasteiger partial charge in [0.15, 0.2) is 0 Å². The fourth-order valence-corrected chi connectivity index (χ4v) is 7.63. The van der Waals surface area contributed by atoms with E-state index in [0.717, 1.165) is 41.1 Å². The predicted octanol–water partition coefficient (Wildman–Crippen LogP) is 5.60. The summed E-state index contributed by atoms with van der Waals surface area (Å²) < 4.78 is 35.2. The number of carbonyl (C=O) groups excluding carboxylic acids is 1. The number of rotatable bonds is 8. The number of alkyl carbamates (subject to hydrolysis) is 1. The van der Waals surface area contributed by atoms with Gasteiger partial charge in [0.25, 0.3) is 0 Å². The summed E-state index contributed by atoms with van der Waals surface area (Å²) in [6, 6.07) is 9.00. The SMILES string of the molecule is CC(C)OC(=O)NC1CCC(c2ncc(-c3ccc(-c4ccc(CO)nc4)cc3S(=O)(=O)NC(C)(C)C)s2)CC1. The number of aliphatic hydroxyl groups excluding tert-OH is 1. The van der Waals surface area contributed by atoms with Crippen LogP contribution in [0.2, 0.25) is 0 Å². The van der Waals surface area contributed by atoms with Gasteiger partial charge in [-0.2, -0.15) is 0 Å². The van der Waals surface area contributed by atoms with Gasteiger partial charge in [-0.3, -0.25) is 4.98 Å². The van der Waals surface area contributed by atoms with Crippen molar-refractivity contribution in [2.24, 2.45) is 0 Å². The largest absolute Gasteiger partial charge is 0.447 e. The maximum atomic E-state index is 13.6. The van der Waals surface area contributed by atoms with Crippen molar-refractivity contribution >= 4 is 27.5 Å². The van der Waals surface area contributed by atoms with Crippen molar-refractivity contribution in [2.45, 2.75) is 95.4 Å². The molecule has 0 unspecified atom stereocenters. The summed E-state index contributed by atoms with van der Waals surface area (Å²) in [5, 5.41) is 13.2. The standard InChI is InChI=1S/C29H38N4O5S2/c1-18(2)38-28(35)32-22-10-6-19(7-11-22)27-31-16-25(39-27)24-13-9-20(21-8-12-23(17-34)30-15-21)14-26(24)40(36,37)33-29(3,4)5/h8-9,12-16,18-19,22,33-34H,6-7,10-11,17H2,1-5H3,(H,32,35). The quantitative estimate of drug-likeness (QED) is 0.313. The number of thiazole rings is 1. The zero-order chi connectivity index (χ0) is 29.1. The van der Waals surface area contributed by atoms with E-state index < -0.39 is 15.6 Å². The third-order valence-electron chi connectivity index (χ3n) is 6.56. The zero-order valence-corrected chi connectivity index (χ0v) is 25.2. The number of nitrogens with zero attached hydrogens (tertiary/aromatic N) is 2. The number of pyridine rings is 1. The van der Waals surface area contributed by atoms with Gasteiger partial charge in [0.1, 0.15) is 0 Å². The molecule has 1 aliphatic rings. The summed E-state index contributed by atoms with van der Waals surface area (Å²) in [6.45, 7) is 8.92. The Bertz CT molecular complexity index is 1420. The molecule has 0 spiro atoms. The lowest BCUT2D eigenvalue weighted by molar-refractivity contribution is 0.109. The van der Waals surface area contributed by atoms with Crippen LogP contribution in [-0.2, 0) is 21.4 Å². The third kappa shape index (κ3) is 7.66. The van der Waals surface area contributed by atoms with Gasteiger partial charge in [0.2, 0.25) is 10.0 Å². The van der Waals surface area contributed by atoms with Gasteiger partial charge in [-0.15, -0.1) is 11.3 Å². The second kappa shape index (κ2) is 12.3. The molecule has 0 saturated heterocycles. The molecule has 216 valence electrons. The van der Waals surface area contributed by atoms with Crippen molar-refractivity contribution < 1.29 is 23.1 Å². The molecule has 0 aliphatic heterocycles. The number of aliphatic hydroxyl groups is 1. The predicted molar refractivity (Wildman–Crippen MR) is 157 cm³/mol. The number of hydrogen-bond acceptors (Lipinski definition) is 8. The van der Waals surface area contributed by atoms with Gasteiger partial charge in [0.05, 0.1) is 33.2 Å². The van der Waals surface area contributed by atoms with Crippen molar-refractivity contribution in [1.29, 1.82) is 0 Å². The molecule has 1 aliphatic carbocycles. The van der Waals surface area contributed by atoms with Crippen LogP contribution in [0.25, 0.3) is 21.6 Å². The first kappa shape index (κ1) is 30.1. The Morgan fingerprint density at radius 1 is 1.07 bits per heavy atom. The fraction of sp³-hybridized carbons (Fsp3) is 0.483. The molecule has 3 N–H and O–H groups in total. The minimum atomic E-state index is -3.87. The summed E-state index contributed by atoms with van der Waals surface area (Å²) in [7, 11) is -3.87. The highest BCUT2D eigenvalue weighted by atomic mass is 32.2. The number of nitrogens with one attached hydrogen (secondary N) is 2. The van der Waals surface area contributed by atoms with E-state index in [1.54, 1.807) is 24.5 Å². The second-order valence-corrected chi connectivity index (χ2v) is 14.2. The number of ether oxygens (including phenoxy) is 1. The van der Waals surface area contributed by atoms with Crippen LogP contribution in [0.4, 0.5) is 4.79 Å². The fourth-order valence-electron chi connectivity index (χ4n) is 4.77. The van der Waals surface area contributed by atoms with Crippen molar-refractivity contribution in [3.8, 4) is 21.6 Å². The number of amides is 1. The molecule has 0 bridgehead atoms. The summed E-state index contributed by atoms with van der Waals surface area (Å²) in [6.07, 6.45) is 6.28. The summed E-state index contributed by atoms with van der Waals surface area (Å²) in [4.78, 5) is 21.9. The van der Waals surface area contributed by atoms with E-state index in [9.17, 15) is 18.3 Å². The minimum absolute atomic E-state index is 0.0793. The van der Waals surface area contributed by atoms with Gasteiger partial charge in [0, 0.05) is 41.0 Å². The van der Waals surface area contributed by atoms with Crippen LogP contribution < -0.4 is 10.0 Å². The maximum Gasteiger partial charge on any atom is 0.407 e. The van der Waals surface area contributed by atoms with Gasteiger partial charge in [-0.1, -0.05) is 18.2 Å². The number of aromatic nitrogens is 2. The Balaban J connectivity index is 1.59. The van der Waals surface area contributed by atoms with Crippen LogP contribution in [0, 0.1) is 0 Å². The van der Waals surface area contributed by atoms with Crippen molar-refractivity contribution in [1.82, 2.24) is 20.0 Å². The zero-order valence-electron chi connectivity index (χ0n) is 23.6. The van der Waals surface area contributed by atoms with E-state index in [1.807, 2.05) is 52.8 Å². The Labute approximate surface area is 240 Å². The molecule has 1 aromatic carbocycles. The molecule has 40 heavy (non-hydrogen) atoms. The summed E-state index contributed by atoms with van der Waals surface area (Å²) in [5.74, 6) is 0.251. The lowest BCUT2D eigenvalue weighted by Crippen LogP contribution is -2.40. The van der Waals surface area contributed by atoms with Crippen LogP contribution in [0.5, 0.6) is 0 Å². The first-order chi connectivity index (χ1) is 18.8. The van der Waals surface area contributed by atoms with E-state index in [0.29, 0.717) is 16.8 Å². The number of hydrogen-bond donors (Lipinski definition) is 3. The average Bonchev–Trinajstić information content (AvgIpc) is 3.37. The first-order valence-electron chi connectivity index (χ1n) is 13.5. The number of carbonyl (C=O) groups is 1. The maximum absolute atomic E-state index is 13.6. The molecule has 0 atom stereocenters. The molecule has 2 heterocycles. The van der Waals surface area contributed by atoms with Crippen LogP contribution >= 0.6 is 11.3 Å². The highest BCUT2D eigenvalue weighted by Gasteiger charge is 2.29. The monoisotopic (exact) mass is 586 g/mol. The summed E-state index contributed by atoms with van der Waals surface area (Å²) in [5.41, 5.74) is 1.94. The van der Waals surface area contributed by atoms with E-state index in [1.165, 1.54) is 11.3 Å². The third-order valence-corrected chi connectivity index (χ3v) is 9.55. The smallest absolute Gasteiger partial charge is 0.407 e. The van der Waals surface area contributed by atoms with Gasteiger partial charge in [-0.05, 0) is 78.0 Å². The molecule has 1 fully saturated rings. The molecule has 9 nitrogen and oxygen atoms in total. The van der Waals surface area contributed by atoms with E-state index in [4.69, 9.17) is 9.72 Å². The Hall–Kier alpha value is -2.86. The first-order valence-corrected chi connectivity index (χ1v) is 15.8. The lowest BCUT2D eigenvalue weighted by atomic mass is 9.86. The van der Waals surface area contributed by atoms with Crippen LogP contribution in [0.1, 0.15) is 76.9 Å². The Morgan fingerprint density at radius 2 is 1.77 bits per heavy atom.